The number of nitrogens with one attached hydrogen (secondary N) is 2. The molecule has 0 rings (SSSR count). The lowest BCUT2D eigenvalue weighted by atomic mass is 10.4. The fourth-order valence-corrected chi connectivity index (χ4v) is 5.46. The van der Waals surface area contributed by atoms with Gasteiger partial charge in [-0.25, -0.2) is 0 Å². The second-order valence-corrected chi connectivity index (χ2v) is 7.68. The summed E-state index contributed by atoms with van der Waals surface area (Å²) < 4.78 is 0. The van der Waals surface area contributed by atoms with E-state index in [1.54, 1.807) is 0 Å². The predicted molar refractivity (Wildman–Crippen MR) is 63.3 cm³/mol. The molecule has 0 spiro atoms. The van der Waals surface area contributed by atoms with Gasteiger partial charge in [-0.05, 0) is 25.2 Å². The van der Waals surface area contributed by atoms with Gasteiger partial charge < -0.3 is 9.96 Å². The van der Waals surface area contributed by atoms with E-state index < -0.39 is 8.40 Å². The van der Waals surface area contributed by atoms with Crippen molar-refractivity contribution >= 4 is 8.40 Å². The molecule has 0 aromatic carbocycles. The molecule has 13 heavy (non-hydrogen) atoms. The Morgan fingerprint density at radius 2 is 1.46 bits per heavy atom. The van der Waals surface area contributed by atoms with Crippen molar-refractivity contribution < 1.29 is 0 Å². The molecule has 0 amide bonds. The third-order valence-corrected chi connectivity index (χ3v) is 7.07. The van der Waals surface area contributed by atoms with E-state index in [2.05, 4.69) is 37.7 Å². The summed E-state index contributed by atoms with van der Waals surface area (Å²) in [5.74, 6) is 0. The Kier molecular flexibility index (Phi) is 7.61. The largest absolute Gasteiger partial charge is 0.326 e. The standard InChI is InChI=1S/C10H26N2Si/c1-5-9-10-13(8-4,11-6-2)12-7-3/h11-12H,5-10H2,1-4H3. The fourth-order valence-electron chi connectivity index (χ4n) is 1.82. The zero-order valence-electron chi connectivity index (χ0n) is 9.74. The molecule has 80 valence electrons. The molecule has 0 atom stereocenters. The SMILES string of the molecule is CCCC[Si](CC)(NCC)NCC. The Bertz CT molecular complexity index is 111. The van der Waals surface area contributed by atoms with Crippen LogP contribution in [0.3, 0.4) is 0 Å². The van der Waals surface area contributed by atoms with Crippen molar-refractivity contribution in [2.24, 2.45) is 0 Å². The van der Waals surface area contributed by atoms with Crippen LogP contribution < -0.4 is 9.96 Å². The highest BCUT2D eigenvalue weighted by atomic mass is 28.3. The van der Waals surface area contributed by atoms with Crippen molar-refractivity contribution in [3.8, 4) is 0 Å². The summed E-state index contributed by atoms with van der Waals surface area (Å²) in [6.07, 6.45) is 2.67. The number of hydrogen-bond acceptors (Lipinski definition) is 2. The van der Waals surface area contributed by atoms with Crippen LogP contribution >= 0.6 is 0 Å². The molecule has 0 bridgehead atoms. The van der Waals surface area contributed by atoms with Gasteiger partial charge in [-0.15, -0.1) is 0 Å². The van der Waals surface area contributed by atoms with Crippen molar-refractivity contribution in [2.45, 2.75) is 52.6 Å². The van der Waals surface area contributed by atoms with Crippen molar-refractivity contribution in [3.63, 3.8) is 0 Å². The summed E-state index contributed by atoms with van der Waals surface area (Å²) in [4.78, 5) is 7.42. The van der Waals surface area contributed by atoms with Crippen molar-refractivity contribution in [3.05, 3.63) is 0 Å². The van der Waals surface area contributed by atoms with Gasteiger partial charge in [0.25, 0.3) is 0 Å². The van der Waals surface area contributed by atoms with E-state index in [1.165, 1.54) is 24.9 Å². The van der Waals surface area contributed by atoms with Crippen LogP contribution in [0, 0.1) is 0 Å². The first-order valence-electron chi connectivity index (χ1n) is 5.74. The monoisotopic (exact) mass is 202 g/mol. The van der Waals surface area contributed by atoms with Crippen molar-refractivity contribution in [1.29, 1.82) is 0 Å². The van der Waals surface area contributed by atoms with E-state index >= 15 is 0 Å². The molecule has 2 nitrogen and oxygen atoms in total. The summed E-state index contributed by atoms with van der Waals surface area (Å²) in [5, 5.41) is 0. The minimum Gasteiger partial charge on any atom is -0.326 e. The normalized spacial score (nSPS) is 12.0. The Balaban J connectivity index is 4.07. The van der Waals surface area contributed by atoms with E-state index in [0.717, 1.165) is 13.1 Å². The molecule has 0 aliphatic heterocycles. The van der Waals surface area contributed by atoms with E-state index in [1.807, 2.05) is 0 Å². The Hall–Kier alpha value is 0.137. The predicted octanol–water partition coefficient (Wildman–Crippen LogP) is 2.47. The van der Waals surface area contributed by atoms with Gasteiger partial charge in [-0.3, -0.25) is 0 Å². The molecule has 0 aliphatic rings. The van der Waals surface area contributed by atoms with Crippen LogP contribution in [0.15, 0.2) is 0 Å². The summed E-state index contributed by atoms with van der Waals surface area (Å²) >= 11 is 0. The highest BCUT2D eigenvalue weighted by molar-refractivity contribution is 6.75. The molecule has 0 heterocycles. The van der Waals surface area contributed by atoms with E-state index in [-0.39, 0.29) is 0 Å². The number of unbranched alkanes of at least 4 members (excludes halogenated alkanes) is 1. The smallest absolute Gasteiger partial charge is 0.201 e. The van der Waals surface area contributed by atoms with E-state index in [0.29, 0.717) is 0 Å². The van der Waals surface area contributed by atoms with E-state index in [4.69, 9.17) is 0 Å². The molecule has 0 saturated heterocycles. The molecular weight excluding hydrogens is 176 g/mol. The minimum absolute atomic E-state index is 1.11. The second-order valence-electron chi connectivity index (χ2n) is 3.60. The molecule has 2 N–H and O–H groups in total. The van der Waals surface area contributed by atoms with Crippen LogP contribution in [0.5, 0.6) is 0 Å². The van der Waals surface area contributed by atoms with Crippen LogP contribution in [0.1, 0.15) is 40.5 Å². The Labute approximate surface area is 84.7 Å². The molecule has 0 unspecified atom stereocenters. The second kappa shape index (κ2) is 7.53. The molecule has 0 aromatic rings. The van der Waals surface area contributed by atoms with Crippen LogP contribution in [0.25, 0.3) is 0 Å². The fraction of sp³-hybridized carbons (Fsp3) is 1.00. The Morgan fingerprint density at radius 3 is 1.77 bits per heavy atom. The molecular formula is C10H26N2Si. The molecule has 0 radical (unpaired) electrons. The average Bonchev–Trinajstić information content (AvgIpc) is 2.15. The number of rotatable bonds is 8. The zero-order chi connectivity index (χ0) is 10.2. The quantitative estimate of drug-likeness (QED) is 0.591. The van der Waals surface area contributed by atoms with Gasteiger partial charge in [0.05, 0.1) is 0 Å². The number of hydrogen-bond donors (Lipinski definition) is 2. The molecule has 0 aromatic heterocycles. The average molecular weight is 202 g/mol. The van der Waals surface area contributed by atoms with Crippen LogP contribution in [-0.2, 0) is 0 Å². The van der Waals surface area contributed by atoms with Crippen LogP contribution in [-0.4, -0.2) is 21.5 Å². The maximum Gasteiger partial charge on any atom is 0.201 e. The van der Waals surface area contributed by atoms with Crippen molar-refractivity contribution in [2.75, 3.05) is 13.1 Å². The van der Waals surface area contributed by atoms with E-state index in [9.17, 15) is 0 Å². The molecule has 0 fully saturated rings. The lowest BCUT2D eigenvalue weighted by Crippen LogP contribution is -2.61. The summed E-state index contributed by atoms with van der Waals surface area (Å²) in [6.45, 7) is 11.2. The molecule has 0 aliphatic carbocycles. The summed E-state index contributed by atoms with van der Waals surface area (Å²) in [7, 11) is -1.29. The van der Waals surface area contributed by atoms with Gasteiger partial charge >= 0.3 is 0 Å². The zero-order valence-corrected chi connectivity index (χ0v) is 10.7. The molecule has 3 heteroatoms. The van der Waals surface area contributed by atoms with Crippen molar-refractivity contribution in [1.82, 2.24) is 9.96 Å². The topological polar surface area (TPSA) is 24.1 Å². The van der Waals surface area contributed by atoms with Gasteiger partial charge in [0, 0.05) is 0 Å². The summed E-state index contributed by atoms with van der Waals surface area (Å²) in [5.41, 5.74) is 0. The third-order valence-electron chi connectivity index (χ3n) is 2.59. The Morgan fingerprint density at radius 1 is 0.923 bits per heavy atom. The minimum atomic E-state index is -1.29. The molecule has 0 saturated carbocycles. The highest BCUT2D eigenvalue weighted by Crippen LogP contribution is 2.12. The van der Waals surface area contributed by atoms with Crippen LogP contribution in [0.2, 0.25) is 12.1 Å². The maximum absolute atomic E-state index is 3.71. The van der Waals surface area contributed by atoms with Crippen LogP contribution in [0.4, 0.5) is 0 Å². The highest BCUT2D eigenvalue weighted by Gasteiger charge is 2.28. The first-order valence-corrected chi connectivity index (χ1v) is 8.16. The van der Waals surface area contributed by atoms with Gasteiger partial charge in [-0.2, -0.15) is 0 Å². The lowest BCUT2D eigenvalue weighted by molar-refractivity contribution is 0.775. The van der Waals surface area contributed by atoms with Gasteiger partial charge in [0.15, 0.2) is 0 Å². The lowest BCUT2D eigenvalue weighted by Gasteiger charge is -2.31. The van der Waals surface area contributed by atoms with Gasteiger partial charge in [-0.1, -0.05) is 40.5 Å². The first kappa shape index (κ1) is 13.1. The maximum atomic E-state index is 3.71. The third kappa shape index (κ3) is 4.79. The van der Waals surface area contributed by atoms with Gasteiger partial charge in [0.2, 0.25) is 8.40 Å². The first-order chi connectivity index (χ1) is 6.24. The van der Waals surface area contributed by atoms with Gasteiger partial charge in [0.1, 0.15) is 0 Å². The summed E-state index contributed by atoms with van der Waals surface area (Å²) in [6, 6.07) is 2.68.